The van der Waals surface area contributed by atoms with Gasteiger partial charge in [0.1, 0.15) is 12.7 Å². The summed E-state index contributed by atoms with van der Waals surface area (Å²) < 4.78 is 15.7. The zero-order chi connectivity index (χ0) is 14.5. The molecule has 1 aromatic rings. The number of hydrogen-bond acceptors (Lipinski definition) is 7. The van der Waals surface area contributed by atoms with Gasteiger partial charge in [0.05, 0.1) is 6.10 Å². The standard InChI is InChI=1S/C9H16N5O4P/c1-6(18-5-19(15,16)17)2-7(3-10)8-12-4-13-9(11)14-8/h3-4,6H,2,5,10H2,1H3,(H2,15,16,17)(H2,11,12,13,14)/t6-/m1/s1. The van der Waals surface area contributed by atoms with Crippen molar-refractivity contribution in [1.82, 2.24) is 15.0 Å². The lowest BCUT2D eigenvalue weighted by Crippen LogP contribution is -2.12. The molecule has 0 amide bonds. The lowest BCUT2D eigenvalue weighted by atomic mass is 10.1. The molecule has 1 heterocycles. The van der Waals surface area contributed by atoms with Crippen LogP contribution in [-0.2, 0) is 9.30 Å². The van der Waals surface area contributed by atoms with E-state index in [0.717, 1.165) is 0 Å². The number of anilines is 1. The summed E-state index contributed by atoms with van der Waals surface area (Å²) in [7, 11) is -4.19. The van der Waals surface area contributed by atoms with Gasteiger partial charge < -0.3 is 26.0 Å². The molecule has 0 aliphatic rings. The molecule has 0 saturated heterocycles. The van der Waals surface area contributed by atoms with Crippen molar-refractivity contribution < 1.29 is 19.1 Å². The molecule has 6 N–H and O–H groups in total. The molecule has 0 aliphatic heterocycles. The summed E-state index contributed by atoms with van der Waals surface area (Å²) in [4.78, 5) is 28.9. The number of aromatic nitrogens is 3. The first-order valence-electron chi connectivity index (χ1n) is 5.33. The normalized spacial score (nSPS) is 14.4. The molecule has 1 aromatic heterocycles. The molecule has 0 unspecified atom stereocenters. The van der Waals surface area contributed by atoms with Gasteiger partial charge in [0.25, 0.3) is 0 Å². The van der Waals surface area contributed by atoms with Crippen LogP contribution in [0.3, 0.4) is 0 Å². The first-order chi connectivity index (χ1) is 8.81. The van der Waals surface area contributed by atoms with E-state index in [9.17, 15) is 4.57 Å². The maximum Gasteiger partial charge on any atom is 0.350 e. The van der Waals surface area contributed by atoms with Crippen molar-refractivity contribution in [3.63, 3.8) is 0 Å². The number of rotatable bonds is 6. The molecule has 0 aromatic carbocycles. The van der Waals surface area contributed by atoms with E-state index in [-0.39, 0.29) is 5.95 Å². The average molecular weight is 289 g/mol. The number of nitrogen functional groups attached to an aromatic ring is 1. The third kappa shape index (κ3) is 5.75. The van der Waals surface area contributed by atoms with Crippen molar-refractivity contribution in [1.29, 1.82) is 0 Å². The topological polar surface area (TPSA) is 157 Å². The second kappa shape index (κ2) is 6.58. The summed E-state index contributed by atoms with van der Waals surface area (Å²) >= 11 is 0. The van der Waals surface area contributed by atoms with Gasteiger partial charge in [0, 0.05) is 18.2 Å². The van der Waals surface area contributed by atoms with E-state index in [1.54, 1.807) is 6.92 Å². The van der Waals surface area contributed by atoms with Crippen LogP contribution >= 0.6 is 7.60 Å². The molecule has 19 heavy (non-hydrogen) atoms. The quantitative estimate of drug-likeness (QED) is 0.515. The van der Waals surface area contributed by atoms with Crippen molar-refractivity contribution in [2.45, 2.75) is 19.4 Å². The maximum atomic E-state index is 10.7. The van der Waals surface area contributed by atoms with Gasteiger partial charge in [-0.05, 0) is 6.92 Å². The van der Waals surface area contributed by atoms with E-state index in [4.69, 9.17) is 26.0 Å². The highest BCUT2D eigenvalue weighted by Gasteiger charge is 2.17. The minimum atomic E-state index is -4.19. The SMILES string of the molecule is C[C@H](CC(=CN)c1ncnc(N)n1)OCP(=O)(O)O. The maximum absolute atomic E-state index is 10.7. The fraction of sp³-hybridized carbons (Fsp3) is 0.444. The Balaban J connectivity index is 2.66. The molecule has 0 spiro atoms. The fourth-order valence-corrected chi connectivity index (χ4v) is 1.74. The van der Waals surface area contributed by atoms with E-state index in [1.807, 2.05) is 0 Å². The van der Waals surface area contributed by atoms with E-state index in [1.165, 1.54) is 12.5 Å². The minimum Gasteiger partial charge on any atom is -0.404 e. The molecule has 106 valence electrons. The van der Waals surface area contributed by atoms with E-state index < -0.39 is 20.0 Å². The zero-order valence-corrected chi connectivity index (χ0v) is 11.2. The molecular weight excluding hydrogens is 273 g/mol. The minimum absolute atomic E-state index is 0.0631. The molecule has 1 atom stereocenters. The lowest BCUT2D eigenvalue weighted by molar-refractivity contribution is 0.0920. The van der Waals surface area contributed by atoms with Gasteiger partial charge in [-0.15, -0.1) is 0 Å². The zero-order valence-electron chi connectivity index (χ0n) is 10.3. The van der Waals surface area contributed by atoms with E-state index >= 15 is 0 Å². The first-order valence-corrected chi connectivity index (χ1v) is 7.13. The molecule has 0 fully saturated rings. The van der Waals surface area contributed by atoms with Gasteiger partial charge in [-0.3, -0.25) is 4.57 Å². The van der Waals surface area contributed by atoms with Crippen LogP contribution in [0.2, 0.25) is 0 Å². The van der Waals surface area contributed by atoms with Crippen LogP contribution in [-0.4, -0.2) is 37.2 Å². The Bertz CT molecular complexity index is 503. The molecule has 0 radical (unpaired) electrons. The molecular formula is C9H16N5O4P. The van der Waals surface area contributed by atoms with Crippen LogP contribution in [0.25, 0.3) is 5.57 Å². The predicted molar refractivity (Wildman–Crippen MR) is 68.5 cm³/mol. The summed E-state index contributed by atoms with van der Waals surface area (Å²) in [5, 5.41) is 0. The van der Waals surface area contributed by atoms with Gasteiger partial charge >= 0.3 is 7.60 Å². The monoisotopic (exact) mass is 289 g/mol. The second-order valence-electron chi connectivity index (χ2n) is 3.83. The van der Waals surface area contributed by atoms with Crippen LogP contribution < -0.4 is 11.5 Å². The Hall–Kier alpha value is -1.54. The van der Waals surface area contributed by atoms with Crippen LogP contribution in [0.4, 0.5) is 5.95 Å². The van der Waals surface area contributed by atoms with Crippen molar-refractivity contribution >= 4 is 19.1 Å². The summed E-state index contributed by atoms with van der Waals surface area (Å²) in [5.41, 5.74) is 11.5. The summed E-state index contributed by atoms with van der Waals surface area (Å²) in [5.74, 6) is 0.370. The van der Waals surface area contributed by atoms with Crippen LogP contribution in [0.15, 0.2) is 12.5 Å². The van der Waals surface area contributed by atoms with Crippen molar-refractivity contribution in [3.8, 4) is 0 Å². The van der Waals surface area contributed by atoms with Crippen molar-refractivity contribution in [3.05, 3.63) is 18.4 Å². The Morgan fingerprint density at radius 3 is 2.79 bits per heavy atom. The molecule has 9 nitrogen and oxygen atoms in total. The number of nitrogens with zero attached hydrogens (tertiary/aromatic N) is 3. The van der Waals surface area contributed by atoms with Gasteiger partial charge in [-0.25, -0.2) is 9.97 Å². The molecule has 1 rings (SSSR count). The summed E-state index contributed by atoms with van der Waals surface area (Å²) in [6.45, 7) is 1.66. The third-order valence-corrected chi connectivity index (χ3v) is 2.60. The first kappa shape index (κ1) is 15.5. The van der Waals surface area contributed by atoms with Gasteiger partial charge in [0.15, 0.2) is 5.82 Å². The smallest absolute Gasteiger partial charge is 0.350 e. The molecule has 0 aliphatic carbocycles. The summed E-state index contributed by atoms with van der Waals surface area (Å²) in [6, 6.07) is 0. The van der Waals surface area contributed by atoms with Gasteiger partial charge in [-0.1, -0.05) is 0 Å². The second-order valence-corrected chi connectivity index (χ2v) is 5.42. The average Bonchev–Trinajstić information content (AvgIpc) is 2.32. The molecule has 0 saturated carbocycles. The van der Waals surface area contributed by atoms with Gasteiger partial charge in [-0.2, -0.15) is 4.98 Å². The number of nitrogens with two attached hydrogens (primary N) is 2. The third-order valence-electron chi connectivity index (χ3n) is 2.11. The Morgan fingerprint density at radius 1 is 1.58 bits per heavy atom. The number of ether oxygens (including phenoxy) is 1. The Labute approximate surface area is 109 Å². The predicted octanol–water partition coefficient (Wildman–Crippen LogP) is -0.316. The highest BCUT2D eigenvalue weighted by Crippen LogP contribution is 2.34. The highest BCUT2D eigenvalue weighted by molar-refractivity contribution is 7.51. The molecule has 10 heteroatoms. The van der Waals surface area contributed by atoms with Crippen molar-refractivity contribution in [2.24, 2.45) is 5.73 Å². The Kier molecular flexibility index (Phi) is 5.37. The number of hydrogen-bond donors (Lipinski definition) is 4. The lowest BCUT2D eigenvalue weighted by Gasteiger charge is -2.14. The van der Waals surface area contributed by atoms with Crippen LogP contribution in [0.5, 0.6) is 0 Å². The van der Waals surface area contributed by atoms with Crippen LogP contribution in [0.1, 0.15) is 19.2 Å². The Morgan fingerprint density at radius 2 is 2.26 bits per heavy atom. The summed E-state index contributed by atoms with van der Waals surface area (Å²) in [6.07, 6.45) is 1.74. The molecule has 0 bridgehead atoms. The largest absolute Gasteiger partial charge is 0.404 e. The van der Waals surface area contributed by atoms with Gasteiger partial charge in [0.2, 0.25) is 5.95 Å². The van der Waals surface area contributed by atoms with E-state index in [0.29, 0.717) is 17.8 Å². The van der Waals surface area contributed by atoms with Crippen LogP contribution in [0, 0.1) is 0 Å². The van der Waals surface area contributed by atoms with Crippen molar-refractivity contribution in [2.75, 3.05) is 12.1 Å². The fourth-order valence-electron chi connectivity index (χ4n) is 1.29. The highest BCUT2D eigenvalue weighted by atomic mass is 31.2. The van der Waals surface area contributed by atoms with E-state index in [2.05, 4.69) is 15.0 Å².